The van der Waals surface area contributed by atoms with Gasteiger partial charge in [0.1, 0.15) is 29.5 Å². The van der Waals surface area contributed by atoms with Crippen molar-refractivity contribution in [3.05, 3.63) is 54.1 Å². The summed E-state index contributed by atoms with van der Waals surface area (Å²) in [6.45, 7) is 13.8. The molecular formula is C70H121N3O8. The molecule has 0 aliphatic rings. The fraction of sp³-hybridized carbons (Fsp3) is 0.771. The minimum Gasteiger partial charge on any atom is -0.493 e. The zero-order valence-corrected chi connectivity index (χ0v) is 53.0. The van der Waals surface area contributed by atoms with E-state index in [2.05, 4.69) is 29.8 Å². The topological polar surface area (TPSA) is 141 Å². The van der Waals surface area contributed by atoms with Crippen molar-refractivity contribution in [3.8, 4) is 17.2 Å². The Labute approximate surface area is 495 Å². The molecule has 2 aromatic carbocycles. The summed E-state index contributed by atoms with van der Waals surface area (Å²) >= 11 is 0. The first-order chi connectivity index (χ1) is 39.3. The number of esters is 1. The number of carbonyl (C=O) groups is 4. The molecule has 0 saturated heterocycles. The Balaban J connectivity index is 1.88. The van der Waals surface area contributed by atoms with E-state index in [9.17, 15) is 19.2 Å². The molecular weight excluding hydrogens is 1010 g/mol. The van der Waals surface area contributed by atoms with E-state index >= 15 is 0 Å². The van der Waals surface area contributed by atoms with Gasteiger partial charge in [-0.25, -0.2) is 9.59 Å². The van der Waals surface area contributed by atoms with Gasteiger partial charge < -0.3 is 34.9 Å². The van der Waals surface area contributed by atoms with Gasteiger partial charge in [-0.05, 0) is 65.2 Å². The molecule has 3 atom stereocenters. The van der Waals surface area contributed by atoms with Gasteiger partial charge in [-0.1, -0.05) is 288 Å². The number of ether oxygens (including phenoxy) is 4. The molecule has 0 aliphatic carbocycles. The van der Waals surface area contributed by atoms with Crippen LogP contribution in [0.3, 0.4) is 0 Å². The Bertz CT molecular complexity index is 1850. The van der Waals surface area contributed by atoms with Crippen molar-refractivity contribution in [2.75, 3.05) is 13.2 Å². The lowest BCUT2D eigenvalue weighted by Crippen LogP contribution is -2.55. The number of unbranched alkanes of at least 4 members (excludes halogenated alkanes) is 38. The second-order valence-corrected chi connectivity index (χ2v) is 24.5. The van der Waals surface area contributed by atoms with Crippen molar-refractivity contribution in [3.63, 3.8) is 0 Å². The van der Waals surface area contributed by atoms with E-state index in [1.54, 1.807) is 32.9 Å². The van der Waals surface area contributed by atoms with Crippen molar-refractivity contribution in [1.82, 2.24) is 16.0 Å². The summed E-state index contributed by atoms with van der Waals surface area (Å²) in [6.07, 6.45) is 52.6. The first-order valence-electron chi connectivity index (χ1n) is 33.6. The Morgan fingerprint density at radius 2 is 0.778 bits per heavy atom. The van der Waals surface area contributed by atoms with Gasteiger partial charge in [0.05, 0.1) is 13.2 Å². The lowest BCUT2D eigenvalue weighted by Gasteiger charge is -2.23. The number of carbonyl (C=O) groups excluding carboxylic acids is 4. The van der Waals surface area contributed by atoms with E-state index in [4.69, 9.17) is 18.9 Å². The van der Waals surface area contributed by atoms with Crippen molar-refractivity contribution in [1.29, 1.82) is 0 Å². The van der Waals surface area contributed by atoms with E-state index in [-0.39, 0.29) is 12.2 Å². The van der Waals surface area contributed by atoms with Crippen LogP contribution in [0.15, 0.2) is 48.5 Å². The molecule has 0 aromatic heterocycles. The molecule has 11 heteroatoms. The van der Waals surface area contributed by atoms with E-state index in [0.29, 0.717) is 24.7 Å². The van der Waals surface area contributed by atoms with Crippen molar-refractivity contribution in [2.24, 2.45) is 0 Å². The molecule has 3 N–H and O–H groups in total. The third-order valence-corrected chi connectivity index (χ3v) is 15.4. The molecule has 0 fully saturated rings. The second kappa shape index (κ2) is 49.2. The summed E-state index contributed by atoms with van der Waals surface area (Å²) in [6, 6.07) is 11.6. The zero-order chi connectivity index (χ0) is 58.9. The molecule has 11 nitrogen and oxygen atoms in total. The Kier molecular flexibility index (Phi) is 44.2. The fourth-order valence-electron chi connectivity index (χ4n) is 10.3. The van der Waals surface area contributed by atoms with Crippen LogP contribution in [-0.4, -0.2) is 60.8 Å². The molecule has 0 saturated carbocycles. The molecule has 81 heavy (non-hydrogen) atoms. The van der Waals surface area contributed by atoms with Crippen molar-refractivity contribution < 1.29 is 38.1 Å². The maximum absolute atomic E-state index is 14.1. The zero-order valence-electron chi connectivity index (χ0n) is 53.0. The molecule has 0 bridgehead atoms. The number of hydrogen-bond acceptors (Lipinski definition) is 8. The van der Waals surface area contributed by atoms with Gasteiger partial charge in [-0.3, -0.25) is 9.59 Å². The molecule has 0 unspecified atom stereocenters. The van der Waals surface area contributed by atoms with Gasteiger partial charge in [-0.15, -0.1) is 0 Å². The summed E-state index contributed by atoms with van der Waals surface area (Å²) in [7, 11) is 0. The van der Waals surface area contributed by atoms with Crippen LogP contribution >= 0.6 is 0 Å². The van der Waals surface area contributed by atoms with Gasteiger partial charge in [-0.2, -0.15) is 0 Å². The largest absolute Gasteiger partial charge is 0.493 e. The summed E-state index contributed by atoms with van der Waals surface area (Å²) in [5.74, 6) is -0.530. The van der Waals surface area contributed by atoms with Crippen LogP contribution in [0, 0.1) is 0 Å². The monoisotopic (exact) mass is 1130 g/mol. The third-order valence-electron chi connectivity index (χ3n) is 15.4. The van der Waals surface area contributed by atoms with E-state index < -0.39 is 47.6 Å². The van der Waals surface area contributed by atoms with Crippen LogP contribution in [0.2, 0.25) is 0 Å². The van der Waals surface area contributed by atoms with Gasteiger partial charge >= 0.3 is 12.1 Å². The number of amides is 3. The van der Waals surface area contributed by atoms with Crippen molar-refractivity contribution in [2.45, 2.75) is 335 Å². The quantitative estimate of drug-likeness (QED) is 0.0338. The lowest BCUT2D eigenvalue weighted by molar-refractivity contribution is -0.140. The summed E-state index contributed by atoms with van der Waals surface area (Å²) in [4.78, 5) is 53.1. The maximum Gasteiger partial charge on any atom is 0.408 e. The minimum absolute atomic E-state index is 0.152. The maximum atomic E-state index is 14.1. The van der Waals surface area contributed by atoms with Gasteiger partial charge in [0, 0.05) is 12.5 Å². The minimum atomic E-state index is -1.09. The molecule has 0 aliphatic heterocycles. The molecule has 0 radical (unpaired) electrons. The van der Waals surface area contributed by atoms with Crippen LogP contribution in [0.5, 0.6) is 17.2 Å². The summed E-state index contributed by atoms with van der Waals surface area (Å²) in [5, 5.41) is 7.95. The molecule has 3 amide bonds. The highest BCUT2D eigenvalue weighted by Gasteiger charge is 2.29. The Morgan fingerprint density at radius 1 is 0.420 bits per heavy atom. The van der Waals surface area contributed by atoms with Crippen LogP contribution in [0.25, 0.3) is 0 Å². The molecule has 0 heterocycles. The smallest absolute Gasteiger partial charge is 0.408 e. The SMILES string of the molecule is CCCCCCCCCCCCCCCCCCCCCCOc1ccc(OC(=O)[C@H](Cc2ccccc2)NC(=O)[C@H](C)NC(=O)[C@H](C)NC(=O)OC(C)(C)C)c(OCCCCCCCCCCCCCCCCCCCCCC)c1. The lowest BCUT2D eigenvalue weighted by atomic mass is 10.0. The summed E-state index contributed by atoms with van der Waals surface area (Å²) in [5.41, 5.74) is 0.0737. The van der Waals surface area contributed by atoms with Crippen molar-refractivity contribution >= 4 is 23.9 Å². The average Bonchev–Trinajstić information content (AvgIpc) is 3.45. The van der Waals surface area contributed by atoms with Gasteiger partial charge in [0.25, 0.3) is 0 Å². The number of hydrogen-bond donors (Lipinski definition) is 3. The number of nitrogens with one attached hydrogen (secondary N) is 3. The molecule has 2 rings (SSSR count). The first kappa shape index (κ1) is 72.8. The molecule has 0 spiro atoms. The van der Waals surface area contributed by atoms with Gasteiger partial charge in [0.2, 0.25) is 11.8 Å². The third kappa shape index (κ3) is 41.4. The highest BCUT2D eigenvalue weighted by Crippen LogP contribution is 2.33. The van der Waals surface area contributed by atoms with E-state index in [1.807, 2.05) is 36.4 Å². The molecule has 2 aromatic rings. The predicted molar refractivity (Wildman–Crippen MR) is 338 cm³/mol. The average molecular weight is 1130 g/mol. The predicted octanol–water partition coefficient (Wildman–Crippen LogP) is 19.1. The Hall–Kier alpha value is -4.28. The number of alkyl carbamates (subject to hydrolysis) is 1. The van der Waals surface area contributed by atoms with E-state index in [1.165, 1.54) is 239 Å². The second-order valence-electron chi connectivity index (χ2n) is 24.5. The van der Waals surface area contributed by atoms with Crippen LogP contribution in [-0.2, 0) is 25.5 Å². The highest BCUT2D eigenvalue weighted by molar-refractivity contribution is 5.93. The first-order valence-corrected chi connectivity index (χ1v) is 33.6. The Morgan fingerprint density at radius 3 is 1.17 bits per heavy atom. The normalized spacial score (nSPS) is 12.6. The highest BCUT2D eigenvalue weighted by atomic mass is 16.6. The fourth-order valence-corrected chi connectivity index (χ4v) is 10.3. The summed E-state index contributed by atoms with van der Waals surface area (Å²) < 4.78 is 24.0. The van der Waals surface area contributed by atoms with E-state index in [0.717, 1.165) is 37.7 Å². The number of rotatable bonds is 53. The number of benzene rings is 2. The van der Waals surface area contributed by atoms with Crippen LogP contribution < -0.4 is 30.2 Å². The van der Waals surface area contributed by atoms with Gasteiger partial charge in [0.15, 0.2) is 11.5 Å². The molecule has 464 valence electrons. The van der Waals surface area contributed by atoms with Crippen LogP contribution in [0.4, 0.5) is 4.79 Å². The van der Waals surface area contributed by atoms with Crippen LogP contribution in [0.1, 0.15) is 311 Å². The standard InChI is InChI=1S/C70H121N3O8/c1-8-10-12-14-16-18-20-22-24-26-28-30-32-34-36-38-40-42-44-49-55-78-62-53-54-64(65(58-62)79-56-50-45-43-41-39-37-35-33-31-29-27-25-23-21-19-17-15-13-11-9-2)80-68(76)63(57-61-51-47-46-48-52-61)73-67(75)59(3)71-66(74)60(4)72-69(77)81-70(5,6)7/h46-48,51-54,58-60,63H,8-45,49-50,55-57H2,1-7H3,(H,71,74)(H,72,77)(H,73,75)/t59-,60-,63-/m0/s1.